The van der Waals surface area contributed by atoms with Gasteiger partial charge in [0.15, 0.2) is 0 Å². The number of hydrogen-bond donors (Lipinski definition) is 0. The Morgan fingerprint density at radius 3 is 2.08 bits per heavy atom. The Morgan fingerprint density at radius 1 is 1.00 bits per heavy atom. The van der Waals surface area contributed by atoms with E-state index in [1.54, 1.807) is 4.90 Å². The maximum atomic E-state index is 3.02. The molecule has 0 aliphatic carbocycles. The first-order valence-electron chi connectivity index (χ1n) is 4.58. The Bertz CT molecular complexity index is 230. The molecule has 0 aliphatic rings. The second-order valence-corrected chi connectivity index (χ2v) is 2.89. The van der Waals surface area contributed by atoms with Crippen LogP contribution in [0.4, 0.5) is 0 Å². The molecule has 0 N–H and O–H groups in total. The van der Waals surface area contributed by atoms with E-state index < -0.39 is 0 Å². The topological polar surface area (TPSA) is 6.48 Å². The van der Waals surface area contributed by atoms with Crippen molar-refractivity contribution in [2.45, 2.75) is 13.8 Å². The zero-order valence-electron chi connectivity index (χ0n) is 9.02. The molecule has 2 nitrogen and oxygen atoms in total. The Balaban J connectivity index is 3.80. The molecular weight excluding hydrogens is 160 g/mol. The standard InChI is InChI=1S/C11H18N2/c1-5-13(6-2)11-9-7-8-10-12(3)4/h5-6,11H2,1-4H3. The van der Waals surface area contributed by atoms with Crippen LogP contribution in [0.5, 0.6) is 0 Å². The fraction of sp³-hybridized carbons (Fsp3) is 0.636. The van der Waals surface area contributed by atoms with Crippen molar-refractivity contribution in [3.8, 4) is 23.8 Å². The predicted molar refractivity (Wildman–Crippen MR) is 57.0 cm³/mol. The van der Waals surface area contributed by atoms with Gasteiger partial charge in [-0.2, -0.15) is 0 Å². The van der Waals surface area contributed by atoms with Crippen molar-refractivity contribution in [3.63, 3.8) is 0 Å². The minimum absolute atomic E-state index is 0.815. The van der Waals surface area contributed by atoms with Crippen molar-refractivity contribution >= 4 is 0 Å². The van der Waals surface area contributed by atoms with Crippen LogP contribution in [0, 0.1) is 23.8 Å². The lowest BCUT2D eigenvalue weighted by molar-refractivity contribution is 0.342. The van der Waals surface area contributed by atoms with Crippen LogP contribution < -0.4 is 0 Å². The van der Waals surface area contributed by atoms with Crippen LogP contribution in [-0.4, -0.2) is 43.5 Å². The van der Waals surface area contributed by atoms with Crippen molar-refractivity contribution in [2.75, 3.05) is 33.7 Å². The van der Waals surface area contributed by atoms with Gasteiger partial charge >= 0.3 is 0 Å². The van der Waals surface area contributed by atoms with Gasteiger partial charge in [0.05, 0.1) is 6.54 Å². The van der Waals surface area contributed by atoms with E-state index in [9.17, 15) is 0 Å². The van der Waals surface area contributed by atoms with Gasteiger partial charge in [0.2, 0.25) is 0 Å². The van der Waals surface area contributed by atoms with Crippen molar-refractivity contribution in [1.29, 1.82) is 0 Å². The van der Waals surface area contributed by atoms with Crippen LogP contribution in [0.3, 0.4) is 0 Å². The molecule has 0 spiro atoms. The zero-order chi connectivity index (χ0) is 10.1. The van der Waals surface area contributed by atoms with Gasteiger partial charge in [0, 0.05) is 26.1 Å². The fourth-order valence-corrected chi connectivity index (χ4v) is 0.782. The van der Waals surface area contributed by atoms with E-state index in [1.165, 1.54) is 0 Å². The van der Waals surface area contributed by atoms with Crippen LogP contribution in [0.2, 0.25) is 0 Å². The zero-order valence-corrected chi connectivity index (χ0v) is 9.02. The maximum absolute atomic E-state index is 3.02. The summed E-state index contributed by atoms with van der Waals surface area (Å²) in [5, 5.41) is 0. The van der Waals surface area contributed by atoms with Gasteiger partial charge in [0.1, 0.15) is 0 Å². The van der Waals surface area contributed by atoms with E-state index in [1.807, 2.05) is 14.1 Å². The highest BCUT2D eigenvalue weighted by Crippen LogP contribution is 1.82. The second kappa shape index (κ2) is 7.53. The second-order valence-electron chi connectivity index (χ2n) is 2.89. The van der Waals surface area contributed by atoms with E-state index in [0.717, 1.165) is 19.6 Å². The van der Waals surface area contributed by atoms with Gasteiger partial charge in [-0.1, -0.05) is 19.8 Å². The summed E-state index contributed by atoms with van der Waals surface area (Å²) in [5.41, 5.74) is 0. The Labute approximate surface area is 81.9 Å². The van der Waals surface area contributed by atoms with E-state index in [0.29, 0.717) is 0 Å². The maximum Gasteiger partial charge on any atom is 0.0611 e. The molecule has 0 amide bonds. The summed E-state index contributed by atoms with van der Waals surface area (Å²) in [6.45, 7) is 7.18. The predicted octanol–water partition coefficient (Wildman–Crippen LogP) is 0.854. The van der Waals surface area contributed by atoms with Crippen LogP contribution >= 0.6 is 0 Å². The molecule has 72 valence electrons. The molecule has 0 radical (unpaired) electrons. The summed E-state index contributed by atoms with van der Waals surface area (Å²) in [7, 11) is 3.80. The van der Waals surface area contributed by atoms with Crippen molar-refractivity contribution < 1.29 is 0 Å². The lowest BCUT2D eigenvalue weighted by atomic mass is 10.4. The third-order valence-corrected chi connectivity index (χ3v) is 1.63. The summed E-state index contributed by atoms with van der Waals surface area (Å²) in [6, 6.07) is 2.85. The molecule has 0 aliphatic heterocycles. The lowest BCUT2D eigenvalue weighted by Gasteiger charge is -2.12. The van der Waals surface area contributed by atoms with Crippen LogP contribution in [-0.2, 0) is 0 Å². The van der Waals surface area contributed by atoms with Gasteiger partial charge in [-0.15, -0.1) is 0 Å². The van der Waals surface area contributed by atoms with Crippen molar-refractivity contribution in [2.24, 2.45) is 0 Å². The first-order valence-corrected chi connectivity index (χ1v) is 4.58. The highest BCUT2D eigenvalue weighted by Gasteiger charge is 1.92. The molecular formula is C11H18N2. The van der Waals surface area contributed by atoms with Gasteiger partial charge in [-0.25, -0.2) is 0 Å². The summed E-state index contributed by atoms with van der Waals surface area (Å²) < 4.78 is 0. The summed E-state index contributed by atoms with van der Waals surface area (Å²) in [4.78, 5) is 4.05. The minimum Gasteiger partial charge on any atom is -0.338 e. The first-order chi connectivity index (χ1) is 6.20. The highest BCUT2D eigenvalue weighted by molar-refractivity contribution is 5.25. The molecule has 13 heavy (non-hydrogen) atoms. The molecule has 0 saturated carbocycles. The molecule has 0 bridgehead atoms. The smallest absolute Gasteiger partial charge is 0.0611 e. The molecule has 2 heteroatoms. The van der Waals surface area contributed by atoms with Crippen molar-refractivity contribution in [3.05, 3.63) is 0 Å². The summed E-state index contributed by atoms with van der Waals surface area (Å²) in [5.74, 6) is 8.62. The van der Waals surface area contributed by atoms with Crippen molar-refractivity contribution in [1.82, 2.24) is 9.80 Å². The summed E-state index contributed by atoms with van der Waals surface area (Å²) >= 11 is 0. The Kier molecular flexibility index (Phi) is 6.88. The van der Waals surface area contributed by atoms with Gasteiger partial charge in [-0.3, -0.25) is 4.90 Å². The van der Waals surface area contributed by atoms with E-state index >= 15 is 0 Å². The van der Waals surface area contributed by atoms with Crippen LogP contribution in [0.25, 0.3) is 0 Å². The fourth-order valence-electron chi connectivity index (χ4n) is 0.782. The van der Waals surface area contributed by atoms with E-state index in [-0.39, 0.29) is 0 Å². The molecule has 0 atom stereocenters. The molecule has 0 aromatic heterocycles. The van der Waals surface area contributed by atoms with Crippen LogP contribution in [0.1, 0.15) is 13.8 Å². The molecule has 0 heterocycles. The van der Waals surface area contributed by atoms with Crippen LogP contribution in [0.15, 0.2) is 0 Å². The third-order valence-electron chi connectivity index (χ3n) is 1.63. The molecule has 0 saturated heterocycles. The van der Waals surface area contributed by atoms with E-state index in [4.69, 9.17) is 0 Å². The third kappa shape index (κ3) is 7.25. The number of hydrogen-bond acceptors (Lipinski definition) is 2. The normalized spacial score (nSPS) is 8.38. The Hall–Kier alpha value is -1.12. The molecule has 0 aromatic carbocycles. The quantitative estimate of drug-likeness (QED) is 0.467. The minimum atomic E-state index is 0.815. The molecule has 0 unspecified atom stereocenters. The summed E-state index contributed by atoms with van der Waals surface area (Å²) in [6.07, 6.45) is 0. The monoisotopic (exact) mass is 178 g/mol. The van der Waals surface area contributed by atoms with Gasteiger partial charge < -0.3 is 4.90 Å². The molecule has 0 rings (SSSR count). The van der Waals surface area contributed by atoms with Gasteiger partial charge in [0.25, 0.3) is 0 Å². The van der Waals surface area contributed by atoms with Gasteiger partial charge in [-0.05, 0) is 19.0 Å². The SMILES string of the molecule is CCN(CC)CC#CC#CN(C)C. The molecule has 0 aromatic rings. The molecule has 0 fully saturated rings. The first kappa shape index (κ1) is 11.9. The number of nitrogens with zero attached hydrogens (tertiary/aromatic N) is 2. The van der Waals surface area contributed by atoms with E-state index in [2.05, 4.69) is 42.6 Å². The highest BCUT2D eigenvalue weighted by atomic mass is 15.1. The Morgan fingerprint density at radius 2 is 1.62 bits per heavy atom. The average Bonchev–Trinajstić information content (AvgIpc) is 2.11. The lowest BCUT2D eigenvalue weighted by Crippen LogP contribution is -2.22. The largest absolute Gasteiger partial charge is 0.338 e. The average molecular weight is 178 g/mol. The number of rotatable bonds is 3.